The van der Waals surface area contributed by atoms with E-state index in [0.29, 0.717) is 55.8 Å². The molecule has 1 aliphatic rings. The SMILES string of the molecule is CCOCCCNC(=O)c1cc(OC)c2c(c1)OCCO2. The Morgan fingerprint density at radius 1 is 1.33 bits per heavy atom. The minimum Gasteiger partial charge on any atom is -0.493 e. The fourth-order valence-electron chi connectivity index (χ4n) is 2.03. The number of carbonyl (C=O) groups is 1. The number of amides is 1. The lowest BCUT2D eigenvalue weighted by molar-refractivity contribution is 0.0942. The van der Waals surface area contributed by atoms with Gasteiger partial charge >= 0.3 is 0 Å². The molecule has 0 spiro atoms. The molecule has 1 aromatic carbocycles. The maximum absolute atomic E-state index is 12.1. The van der Waals surface area contributed by atoms with Crippen molar-refractivity contribution in [2.24, 2.45) is 0 Å². The highest BCUT2D eigenvalue weighted by Crippen LogP contribution is 2.40. The third-order valence-electron chi connectivity index (χ3n) is 3.05. The lowest BCUT2D eigenvalue weighted by atomic mass is 10.1. The van der Waals surface area contributed by atoms with Gasteiger partial charge in [0.2, 0.25) is 5.75 Å². The van der Waals surface area contributed by atoms with E-state index >= 15 is 0 Å². The summed E-state index contributed by atoms with van der Waals surface area (Å²) in [5.74, 6) is 1.44. The summed E-state index contributed by atoms with van der Waals surface area (Å²) in [5, 5.41) is 2.85. The number of ether oxygens (including phenoxy) is 4. The molecule has 1 N–H and O–H groups in total. The van der Waals surface area contributed by atoms with Gasteiger partial charge in [0.25, 0.3) is 5.91 Å². The van der Waals surface area contributed by atoms with Gasteiger partial charge in [0.05, 0.1) is 7.11 Å². The van der Waals surface area contributed by atoms with Gasteiger partial charge in [0.15, 0.2) is 11.5 Å². The van der Waals surface area contributed by atoms with Crippen LogP contribution in [-0.2, 0) is 4.74 Å². The normalized spacial score (nSPS) is 12.9. The molecule has 116 valence electrons. The van der Waals surface area contributed by atoms with Gasteiger partial charge in [-0.25, -0.2) is 0 Å². The van der Waals surface area contributed by atoms with Crippen molar-refractivity contribution in [1.29, 1.82) is 0 Å². The van der Waals surface area contributed by atoms with Crippen molar-refractivity contribution < 1.29 is 23.7 Å². The van der Waals surface area contributed by atoms with Crippen LogP contribution in [0.3, 0.4) is 0 Å². The molecular weight excluding hydrogens is 274 g/mol. The van der Waals surface area contributed by atoms with Crippen LogP contribution >= 0.6 is 0 Å². The number of hydrogen-bond donors (Lipinski definition) is 1. The quantitative estimate of drug-likeness (QED) is 0.774. The standard InChI is InChI=1S/C15H21NO5/c1-3-19-6-4-5-16-15(17)11-9-12(18-2)14-13(10-11)20-7-8-21-14/h9-10H,3-8H2,1-2H3,(H,16,17). The Labute approximate surface area is 124 Å². The molecule has 0 saturated carbocycles. The van der Waals surface area contributed by atoms with Crippen molar-refractivity contribution in [3.05, 3.63) is 17.7 Å². The Morgan fingerprint density at radius 3 is 2.90 bits per heavy atom. The summed E-state index contributed by atoms with van der Waals surface area (Å²) in [4.78, 5) is 12.1. The van der Waals surface area contributed by atoms with Gasteiger partial charge < -0.3 is 24.3 Å². The van der Waals surface area contributed by atoms with Crippen molar-refractivity contribution in [1.82, 2.24) is 5.32 Å². The van der Waals surface area contributed by atoms with E-state index in [0.717, 1.165) is 6.42 Å². The molecule has 1 amide bonds. The summed E-state index contributed by atoms with van der Waals surface area (Å²) in [6, 6.07) is 3.33. The first-order valence-corrected chi connectivity index (χ1v) is 7.09. The number of nitrogens with one attached hydrogen (secondary N) is 1. The van der Waals surface area contributed by atoms with Crippen LogP contribution in [0, 0.1) is 0 Å². The van der Waals surface area contributed by atoms with Gasteiger partial charge in [-0.05, 0) is 25.5 Å². The van der Waals surface area contributed by atoms with Gasteiger partial charge in [-0.2, -0.15) is 0 Å². The fourth-order valence-corrected chi connectivity index (χ4v) is 2.03. The number of benzene rings is 1. The predicted molar refractivity (Wildman–Crippen MR) is 77.4 cm³/mol. The first-order valence-electron chi connectivity index (χ1n) is 7.09. The smallest absolute Gasteiger partial charge is 0.251 e. The van der Waals surface area contributed by atoms with E-state index in [1.54, 1.807) is 12.1 Å². The zero-order chi connectivity index (χ0) is 15.1. The summed E-state index contributed by atoms with van der Waals surface area (Å²) >= 11 is 0. The average Bonchev–Trinajstić information content (AvgIpc) is 2.53. The third-order valence-corrected chi connectivity index (χ3v) is 3.05. The van der Waals surface area contributed by atoms with E-state index in [1.807, 2.05) is 6.92 Å². The zero-order valence-corrected chi connectivity index (χ0v) is 12.4. The van der Waals surface area contributed by atoms with Crippen LogP contribution in [0.1, 0.15) is 23.7 Å². The van der Waals surface area contributed by atoms with Crippen LogP contribution < -0.4 is 19.5 Å². The Hall–Kier alpha value is -1.95. The molecule has 1 heterocycles. The fraction of sp³-hybridized carbons (Fsp3) is 0.533. The monoisotopic (exact) mass is 295 g/mol. The highest BCUT2D eigenvalue weighted by atomic mass is 16.6. The summed E-state index contributed by atoms with van der Waals surface area (Å²) in [6.45, 7) is 4.78. The number of carbonyl (C=O) groups excluding carboxylic acids is 1. The molecule has 6 heteroatoms. The Bertz CT molecular complexity index is 472. The number of hydrogen-bond acceptors (Lipinski definition) is 5. The van der Waals surface area contributed by atoms with Crippen molar-refractivity contribution in [2.45, 2.75) is 13.3 Å². The highest BCUT2D eigenvalue weighted by molar-refractivity contribution is 5.95. The summed E-state index contributed by atoms with van der Waals surface area (Å²) in [6.07, 6.45) is 0.779. The molecule has 0 radical (unpaired) electrons. The van der Waals surface area contributed by atoms with Crippen LogP contribution in [0.2, 0.25) is 0 Å². The third kappa shape index (κ3) is 4.01. The Balaban J connectivity index is 2.00. The summed E-state index contributed by atoms with van der Waals surface area (Å²) in [5.41, 5.74) is 0.493. The summed E-state index contributed by atoms with van der Waals surface area (Å²) in [7, 11) is 1.54. The molecule has 0 saturated heterocycles. The predicted octanol–water partition coefficient (Wildman–Crippen LogP) is 1.62. The minimum atomic E-state index is -0.165. The molecule has 0 bridgehead atoms. The second kappa shape index (κ2) is 7.73. The number of fused-ring (bicyclic) bond motifs is 1. The van der Waals surface area contributed by atoms with E-state index in [-0.39, 0.29) is 5.91 Å². The second-order valence-electron chi connectivity index (χ2n) is 4.51. The lowest BCUT2D eigenvalue weighted by Crippen LogP contribution is -2.26. The maximum Gasteiger partial charge on any atom is 0.251 e. The van der Waals surface area contributed by atoms with Crippen LogP contribution in [-0.4, -0.2) is 46.0 Å². The molecule has 2 rings (SSSR count). The van der Waals surface area contributed by atoms with Gasteiger partial charge in [-0.3, -0.25) is 4.79 Å². The van der Waals surface area contributed by atoms with Crippen LogP contribution in [0.15, 0.2) is 12.1 Å². The molecule has 1 aliphatic heterocycles. The lowest BCUT2D eigenvalue weighted by Gasteiger charge is -2.21. The molecule has 1 aromatic rings. The Morgan fingerprint density at radius 2 is 2.14 bits per heavy atom. The molecule has 0 aromatic heterocycles. The van der Waals surface area contributed by atoms with E-state index in [1.165, 1.54) is 7.11 Å². The maximum atomic E-state index is 12.1. The van der Waals surface area contributed by atoms with Gasteiger partial charge in [-0.15, -0.1) is 0 Å². The molecule has 6 nitrogen and oxygen atoms in total. The number of rotatable bonds is 7. The molecule has 0 fully saturated rings. The Kier molecular flexibility index (Phi) is 5.68. The topological polar surface area (TPSA) is 66.0 Å². The molecule has 0 unspecified atom stereocenters. The van der Waals surface area contributed by atoms with Crippen LogP contribution in [0.5, 0.6) is 17.2 Å². The highest BCUT2D eigenvalue weighted by Gasteiger charge is 2.20. The second-order valence-corrected chi connectivity index (χ2v) is 4.51. The van der Waals surface area contributed by atoms with Crippen molar-refractivity contribution in [2.75, 3.05) is 40.1 Å². The number of methoxy groups -OCH3 is 1. The van der Waals surface area contributed by atoms with Crippen molar-refractivity contribution in [3.8, 4) is 17.2 Å². The molecular formula is C15H21NO5. The summed E-state index contributed by atoms with van der Waals surface area (Å²) < 4.78 is 21.5. The van der Waals surface area contributed by atoms with Gasteiger partial charge in [0, 0.05) is 25.3 Å². The molecule has 0 aliphatic carbocycles. The van der Waals surface area contributed by atoms with Gasteiger partial charge in [0.1, 0.15) is 13.2 Å². The zero-order valence-electron chi connectivity index (χ0n) is 12.4. The van der Waals surface area contributed by atoms with Gasteiger partial charge in [-0.1, -0.05) is 0 Å². The van der Waals surface area contributed by atoms with Crippen molar-refractivity contribution >= 4 is 5.91 Å². The average molecular weight is 295 g/mol. The minimum absolute atomic E-state index is 0.165. The molecule has 0 atom stereocenters. The van der Waals surface area contributed by atoms with E-state index in [9.17, 15) is 4.79 Å². The first-order chi connectivity index (χ1) is 10.3. The largest absolute Gasteiger partial charge is 0.493 e. The first kappa shape index (κ1) is 15.4. The van der Waals surface area contributed by atoms with E-state index < -0.39 is 0 Å². The molecule has 21 heavy (non-hydrogen) atoms. The van der Waals surface area contributed by atoms with Crippen LogP contribution in [0.4, 0.5) is 0 Å². The van der Waals surface area contributed by atoms with Crippen LogP contribution in [0.25, 0.3) is 0 Å². The van der Waals surface area contributed by atoms with E-state index in [4.69, 9.17) is 18.9 Å². The van der Waals surface area contributed by atoms with E-state index in [2.05, 4.69) is 5.32 Å². The van der Waals surface area contributed by atoms with Crippen molar-refractivity contribution in [3.63, 3.8) is 0 Å².